The van der Waals surface area contributed by atoms with Crippen molar-refractivity contribution in [3.05, 3.63) is 40.5 Å². The molecule has 4 aromatic rings. The van der Waals surface area contributed by atoms with Crippen LogP contribution in [-0.4, -0.2) is 20.1 Å². The fourth-order valence-electron chi connectivity index (χ4n) is 3.11. The molecular formula is C17H14N4O2S2. The molecule has 126 valence electrons. The molecule has 0 saturated carbocycles. The van der Waals surface area contributed by atoms with Gasteiger partial charge in [0, 0.05) is 10.3 Å². The average molecular weight is 370 g/mol. The van der Waals surface area contributed by atoms with Crippen molar-refractivity contribution < 1.29 is 8.94 Å². The van der Waals surface area contributed by atoms with Gasteiger partial charge in [-0.15, -0.1) is 11.3 Å². The van der Waals surface area contributed by atoms with E-state index in [0.717, 1.165) is 28.5 Å². The van der Waals surface area contributed by atoms with Gasteiger partial charge in [0.1, 0.15) is 15.7 Å². The van der Waals surface area contributed by atoms with E-state index in [4.69, 9.17) is 8.94 Å². The van der Waals surface area contributed by atoms with Crippen LogP contribution in [0.1, 0.15) is 28.5 Å². The summed E-state index contributed by atoms with van der Waals surface area (Å²) in [6.07, 6.45) is 5.11. The molecular weight excluding hydrogens is 356 g/mol. The molecule has 0 amide bonds. The highest BCUT2D eigenvalue weighted by Crippen LogP contribution is 2.41. The van der Waals surface area contributed by atoms with Crippen LogP contribution in [0.4, 0.5) is 0 Å². The van der Waals surface area contributed by atoms with Crippen molar-refractivity contribution in [2.24, 2.45) is 0 Å². The lowest BCUT2D eigenvalue weighted by atomic mass is 10.2. The van der Waals surface area contributed by atoms with Gasteiger partial charge in [-0.05, 0) is 43.9 Å². The fourth-order valence-corrected chi connectivity index (χ4v) is 5.43. The van der Waals surface area contributed by atoms with Crippen molar-refractivity contribution in [2.75, 3.05) is 0 Å². The van der Waals surface area contributed by atoms with Crippen molar-refractivity contribution in [1.29, 1.82) is 0 Å². The maximum absolute atomic E-state index is 5.29. The molecule has 0 fully saturated rings. The molecule has 0 radical (unpaired) electrons. The first-order valence-electron chi connectivity index (χ1n) is 8.06. The van der Waals surface area contributed by atoms with Crippen molar-refractivity contribution in [3.8, 4) is 11.7 Å². The molecule has 0 atom stereocenters. The van der Waals surface area contributed by atoms with E-state index in [0.29, 0.717) is 23.2 Å². The molecule has 0 saturated heterocycles. The van der Waals surface area contributed by atoms with Gasteiger partial charge in [0.05, 0.1) is 12.0 Å². The first kappa shape index (κ1) is 15.1. The van der Waals surface area contributed by atoms with E-state index in [1.807, 2.05) is 18.3 Å². The third kappa shape index (κ3) is 2.65. The molecule has 1 aliphatic rings. The molecule has 5 rings (SSSR count). The maximum atomic E-state index is 5.29. The fraction of sp³-hybridized carbons (Fsp3) is 0.294. The second-order valence-electron chi connectivity index (χ2n) is 5.90. The minimum Gasteiger partial charge on any atom is -0.459 e. The zero-order valence-corrected chi connectivity index (χ0v) is 15.1. The highest BCUT2D eigenvalue weighted by atomic mass is 32.2. The second kappa shape index (κ2) is 5.96. The third-order valence-electron chi connectivity index (χ3n) is 4.18. The Morgan fingerprint density at radius 3 is 3.08 bits per heavy atom. The van der Waals surface area contributed by atoms with Crippen molar-refractivity contribution >= 4 is 33.3 Å². The molecule has 0 bridgehead atoms. The van der Waals surface area contributed by atoms with Crippen LogP contribution in [0, 0.1) is 6.92 Å². The molecule has 25 heavy (non-hydrogen) atoms. The van der Waals surface area contributed by atoms with Crippen LogP contribution in [0.25, 0.3) is 21.9 Å². The molecule has 0 aliphatic heterocycles. The Kier molecular flexibility index (Phi) is 3.60. The van der Waals surface area contributed by atoms with Crippen LogP contribution in [0.5, 0.6) is 0 Å². The van der Waals surface area contributed by atoms with Gasteiger partial charge >= 0.3 is 0 Å². The van der Waals surface area contributed by atoms with Crippen molar-refractivity contribution in [2.45, 2.75) is 37.0 Å². The smallest absolute Gasteiger partial charge is 0.293 e. The van der Waals surface area contributed by atoms with Crippen LogP contribution >= 0.6 is 23.1 Å². The minimum atomic E-state index is 0.404. The molecule has 0 N–H and O–H groups in total. The largest absolute Gasteiger partial charge is 0.459 e. The number of fused-ring (bicyclic) bond motifs is 3. The van der Waals surface area contributed by atoms with E-state index in [2.05, 4.69) is 20.1 Å². The quantitative estimate of drug-likeness (QED) is 0.388. The van der Waals surface area contributed by atoms with Gasteiger partial charge in [-0.1, -0.05) is 16.9 Å². The summed E-state index contributed by atoms with van der Waals surface area (Å²) in [5.41, 5.74) is 1.44. The SMILES string of the molecule is Cc1nc(SCc2noc(-c3ccco3)n2)c2c3c(sc2n1)CCC3. The number of aromatic nitrogens is 4. The first-order valence-corrected chi connectivity index (χ1v) is 9.86. The van der Waals surface area contributed by atoms with E-state index in [1.54, 1.807) is 30.2 Å². The highest BCUT2D eigenvalue weighted by Gasteiger charge is 2.22. The number of nitrogens with zero attached hydrogens (tertiary/aromatic N) is 4. The maximum Gasteiger partial charge on any atom is 0.293 e. The van der Waals surface area contributed by atoms with Gasteiger partial charge in [0.2, 0.25) is 0 Å². The van der Waals surface area contributed by atoms with Gasteiger partial charge in [0.15, 0.2) is 11.6 Å². The van der Waals surface area contributed by atoms with Crippen LogP contribution < -0.4 is 0 Å². The van der Waals surface area contributed by atoms with Crippen molar-refractivity contribution in [3.63, 3.8) is 0 Å². The Labute approximate surface area is 151 Å². The molecule has 0 aromatic carbocycles. The number of hydrogen-bond donors (Lipinski definition) is 0. The van der Waals surface area contributed by atoms with E-state index in [-0.39, 0.29) is 0 Å². The summed E-state index contributed by atoms with van der Waals surface area (Å²) in [6.45, 7) is 1.94. The number of furan rings is 1. The van der Waals surface area contributed by atoms with Gasteiger partial charge in [-0.2, -0.15) is 4.98 Å². The molecule has 0 unspecified atom stereocenters. The first-order chi connectivity index (χ1) is 12.3. The lowest BCUT2D eigenvalue weighted by Crippen LogP contribution is -1.93. The van der Waals surface area contributed by atoms with E-state index >= 15 is 0 Å². The summed E-state index contributed by atoms with van der Waals surface area (Å²) in [7, 11) is 0. The monoisotopic (exact) mass is 370 g/mol. The van der Waals surface area contributed by atoms with Crippen LogP contribution in [0.15, 0.2) is 32.4 Å². The topological polar surface area (TPSA) is 77.8 Å². The number of rotatable bonds is 4. The summed E-state index contributed by atoms with van der Waals surface area (Å²) in [5.74, 6) is 3.02. The van der Waals surface area contributed by atoms with E-state index < -0.39 is 0 Å². The second-order valence-corrected chi connectivity index (χ2v) is 7.94. The Morgan fingerprint density at radius 2 is 2.20 bits per heavy atom. The zero-order valence-electron chi connectivity index (χ0n) is 13.5. The Balaban J connectivity index is 1.44. The zero-order chi connectivity index (χ0) is 16.8. The minimum absolute atomic E-state index is 0.404. The van der Waals surface area contributed by atoms with Crippen LogP contribution in [0.3, 0.4) is 0 Å². The predicted octanol–water partition coefficient (Wildman–Crippen LogP) is 4.42. The van der Waals surface area contributed by atoms with E-state index in [9.17, 15) is 0 Å². The summed E-state index contributed by atoms with van der Waals surface area (Å²) >= 11 is 3.45. The Bertz CT molecular complexity index is 1050. The number of thiophene rings is 1. The number of aryl methyl sites for hydroxylation is 3. The Hall–Kier alpha value is -2.19. The number of thioether (sulfide) groups is 1. The van der Waals surface area contributed by atoms with Gasteiger partial charge < -0.3 is 8.94 Å². The average Bonchev–Trinajstić information content (AvgIpc) is 3.34. The molecule has 0 spiro atoms. The molecule has 4 aromatic heterocycles. The normalized spacial score (nSPS) is 13.6. The van der Waals surface area contributed by atoms with Crippen LogP contribution in [0.2, 0.25) is 0 Å². The lowest BCUT2D eigenvalue weighted by Gasteiger charge is -2.04. The predicted molar refractivity (Wildman–Crippen MR) is 95.7 cm³/mol. The molecule has 8 heteroatoms. The van der Waals surface area contributed by atoms with Gasteiger partial charge in [0.25, 0.3) is 5.89 Å². The summed E-state index contributed by atoms with van der Waals surface area (Å²) in [5, 5.41) is 6.29. The molecule has 4 heterocycles. The third-order valence-corrected chi connectivity index (χ3v) is 6.34. The van der Waals surface area contributed by atoms with E-state index in [1.165, 1.54) is 22.2 Å². The Morgan fingerprint density at radius 1 is 1.24 bits per heavy atom. The summed E-state index contributed by atoms with van der Waals surface area (Å²) in [4.78, 5) is 16.3. The summed E-state index contributed by atoms with van der Waals surface area (Å²) < 4.78 is 10.6. The molecule has 6 nitrogen and oxygen atoms in total. The highest BCUT2D eigenvalue weighted by molar-refractivity contribution is 7.98. The molecule has 1 aliphatic carbocycles. The van der Waals surface area contributed by atoms with Gasteiger partial charge in [-0.25, -0.2) is 9.97 Å². The van der Waals surface area contributed by atoms with Crippen molar-refractivity contribution in [1.82, 2.24) is 20.1 Å². The standard InChI is InChI=1S/C17H14N4O2S2/c1-9-18-16(14-10-4-2-6-12(10)25-17(14)19-9)24-8-13-20-15(23-21-13)11-5-3-7-22-11/h3,5,7H,2,4,6,8H2,1H3. The lowest BCUT2D eigenvalue weighted by molar-refractivity contribution is 0.411. The number of hydrogen-bond acceptors (Lipinski definition) is 8. The van der Waals surface area contributed by atoms with Gasteiger partial charge in [-0.3, -0.25) is 0 Å². The summed E-state index contributed by atoms with van der Waals surface area (Å²) in [6, 6.07) is 3.60. The van der Waals surface area contributed by atoms with Crippen LogP contribution in [-0.2, 0) is 18.6 Å².